The number of methoxy groups -OCH3 is 2. The normalized spacial score (nSPS) is 10.6. The van der Waals surface area contributed by atoms with Crippen molar-refractivity contribution < 1.29 is 14.3 Å². The number of carbonyl (C=O) groups excluding carboxylic acids is 1. The highest BCUT2D eigenvalue weighted by atomic mass is 35.5. The van der Waals surface area contributed by atoms with Gasteiger partial charge in [0.2, 0.25) is 0 Å². The average Bonchev–Trinajstić information content (AvgIpc) is 3.14. The average molecular weight is 418 g/mol. The van der Waals surface area contributed by atoms with E-state index < -0.39 is 0 Å². The number of nitrogens with one attached hydrogen (secondary N) is 1. The molecule has 2 aromatic carbocycles. The lowest BCUT2D eigenvalue weighted by Gasteiger charge is -2.14. The first-order chi connectivity index (χ1) is 13.6. The number of para-hydroxylation sites is 1. The van der Waals surface area contributed by atoms with Crippen LogP contribution in [0.3, 0.4) is 0 Å². The predicted molar refractivity (Wildman–Crippen MR) is 112 cm³/mol. The largest absolute Gasteiger partial charge is 0.493 e. The molecule has 0 unspecified atom stereocenters. The van der Waals surface area contributed by atoms with E-state index >= 15 is 0 Å². The van der Waals surface area contributed by atoms with Gasteiger partial charge in [-0.15, -0.1) is 11.8 Å². The fraction of sp³-hybridized carbons (Fsp3) is 0.200. The van der Waals surface area contributed by atoms with Crippen LogP contribution in [-0.2, 0) is 6.54 Å². The number of hydrogen-bond donors (Lipinski definition) is 1. The van der Waals surface area contributed by atoms with Gasteiger partial charge in [0.25, 0.3) is 5.91 Å². The number of rotatable bonds is 7. The van der Waals surface area contributed by atoms with Crippen molar-refractivity contribution in [3.05, 3.63) is 64.8 Å². The van der Waals surface area contributed by atoms with Crippen molar-refractivity contribution in [2.45, 2.75) is 11.4 Å². The zero-order valence-corrected chi connectivity index (χ0v) is 17.3. The van der Waals surface area contributed by atoms with Gasteiger partial charge in [0.15, 0.2) is 11.5 Å². The fourth-order valence-electron chi connectivity index (χ4n) is 2.79. The summed E-state index contributed by atoms with van der Waals surface area (Å²) in [7, 11) is 3.18. The van der Waals surface area contributed by atoms with Crippen LogP contribution in [-0.4, -0.2) is 36.2 Å². The zero-order valence-electron chi connectivity index (χ0n) is 15.7. The van der Waals surface area contributed by atoms with Gasteiger partial charge in [0.1, 0.15) is 5.82 Å². The van der Waals surface area contributed by atoms with Gasteiger partial charge in [-0.2, -0.15) is 5.10 Å². The first kappa shape index (κ1) is 20.1. The molecule has 0 aliphatic heterocycles. The first-order valence-electron chi connectivity index (χ1n) is 8.44. The predicted octanol–water partition coefficient (Wildman–Crippen LogP) is 4.58. The summed E-state index contributed by atoms with van der Waals surface area (Å²) in [5.41, 5.74) is 1.30. The maximum atomic E-state index is 12.7. The third-order valence-electron chi connectivity index (χ3n) is 4.18. The van der Waals surface area contributed by atoms with Gasteiger partial charge in [-0.25, -0.2) is 4.68 Å². The number of aromatic nitrogens is 2. The van der Waals surface area contributed by atoms with Crippen molar-refractivity contribution in [3.8, 4) is 11.5 Å². The quantitative estimate of drug-likeness (QED) is 0.570. The molecule has 0 atom stereocenters. The van der Waals surface area contributed by atoms with Crippen molar-refractivity contribution in [3.63, 3.8) is 0 Å². The van der Waals surface area contributed by atoms with Gasteiger partial charge in [0.05, 0.1) is 37.5 Å². The van der Waals surface area contributed by atoms with Gasteiger partial charge in [-0.3, -0.25) is 4.79 Å². The lowest BCUT2D eigenvalue weighted by molar-refractivity contribution is 0.102. The first-order valence-corrected chi connectivity index (χ1v) is 10.0. The molecule has 28 heavy (non-hydrogen) atoms. The summed E-state index contributed by atoms with van der Waals surface area (Å²) in [4.78, 5) is 13.7. The Kier molecular flexibility index (Phi) is 6.49. The molecule has 0 aliphatic rings. The molecule has 8 heteroatoms. The summed E-state index contributed by atoms with van der Waals surface area (Å²) in [6.07, 6.45) is 3.57. The van der Waals surface area contributed by atoms with Crippen LogP contribution in [0.1, 0.15) is 15.9 Å². The van der Waals surface area contributed by atoms with Crippen LogP contribution < -0.4 is 14.8 Å². The van der Waals surface area contributed by atoms with Gasteiger partial charge in [0, 0.05) is 16.5 Å². The van der Waals surface area contributed by atoms with Crippen molar-refractivity contribution in [2.24, 2.45) is 0 Å². The SMILES string of the molecule is COc1cccc(Cn2nccc2NC(=O)c2cc(SC)ccc2Cl)c1OC. The van der Waals surface area contributed by atoms with Gasteiger partial charge >= 0.3 is 0 Å². The number of carbonyl (C=O) groups is 1. The second-order valence-corrected chi connectivity index (χ2v) is 7.11. The molecule has 0 aliphatic carbocycles. The summed E-state index contributed by atoms with van der Waals surface area (Å²) < 4.78 is 12.5. The lowest BCUT2D eigenvalue weighted by atomic mass is 10.2. The van der Waals surface area contributed by atoms with E-state index in [4.69, 9.17) is 21.1 Å². The highest BCUT2D eigenvalue weighted by Gasteiger charge is 2.16. The maximum Gasteiger partial charge on any atom is 0.258 e. The molecule has 6 nitrogen and oxygen atoms in total. The smallest absolute Gasteiger partial charge is 0.258 e. The van der Waals surface area contributed by atoms with E-state index in [0.717, 1.165) is 10.5 Å². The van der Waals surface area contributed by atoms with E-state index in [1.54, 1.807) is 55.1 Å². The highest BCUT2D eigenvalue weighted by molar-refractivity contribution is 7.98. The molecule has 146 valence electrons. The van der Waals surface area contributed by atoms with Crippen molar-refractivity contribution in [1.29, 1.82) is 0 Å². The van der Waals surface area contributed by atoms with Crippen LogP contribution in [0.25, 0.3) is 0 Å². The number of anilines is 1. The Balaban J connectivity index is 1.85. The number of ether oxygens (including phenoxy) is 2. The summed E-state index contributed by atoms with van der Waals surface area (Å²) in [6.45, 7) is 0.404. The molecule has 1 aromatic heterocycles. The van der Waals surface area contributed by atoms with E-state index in [-0.39, 0.29) is 5.91 Å². The van der Waals surface area contributed by atoms with Gasteiger partial charge in [-0.1, -0.05) is 23.7 Å². The van der Waals surface area contributed by atoms with Crippen LogP contribution in [0.15, 0.2) is 53.6 Å². The Morgan fingerprint density at radius 2 is 2.04 bits per heavy atom. The zero-order chi connectivity index (χ0) is 20.1. The van der Waals surface area contributed by atoms with Crippen molar-refractivity contribution in [2.75, 3.05) is 25.8 Å². The summed E-state index contributed by atoms with van der Waals surface area (Å²) in [5, 5.41) is 7.59. The lowest BCUT2D eigenvalue weighted by Crippen LogP contribution is -2.17. The topological polar surface area (TPSA) is 65.4 Å². The van der Waals surface area contributed by atoms with Crippen molar-refractivity contribution in [1.82, 2.24) is 9.78 Å². The molecule has 1 heterocycles. The molecule has 0 saturated carbocycles. The third-order valence-corrected chi connectivity index (χ3v) is 5.24. The molecule has 0 fully saturated rings. The van der Waals surface area contributed by atoms with E-state index in [0.29, 0.717) is 34.4 Å². The Morgan fingerprint density at radius 3 is 2.75 bits per heavy atom. The van der Waals surface area contributed by atoms with Crippen LogP contribution in [0.4, 0.5) is 5.82 Å². The molecule has 3 rings (SSSR count). The number of thioether (sulfide) groups is 1. The van der Waals surface area contributed by atoms with E-state index in [1.165, 1.54) is 0 Å². The van der Waals surface area contributed by atoms with Crippen LogP contribution in [0, 0.1) is 0 Å². The van der Waals surface area contributed by atoms with Crippen LogP contribution in [0.2, 0.25) is 5.02 Å². The molecular weight excluding hydrogens is 398 g/mol. The molecule has 1 N–H and O–H groups in total. The monoisotopic (exact) mass is 417 g/mol. The number of hydrogen-bond acceptors (Lipinski definition) is 5. The second-order valence-electron chi connectivity index (χ2n) is 5.83. The molecule has 0 saturated heterocycles. The summed E-state index contributed by atoms with van der Waals surface area (Å²) in [5.74, 6) is 1.53. The Hall–Kier alpha value is -2.64. The third kappa shape index (κ3) is 4.26. The number of amides is 1. The Morgan fingerprint density at radius 1 is 1.21 bits per heavy atom. The van der Waals surface area contributed by atoms with Crippen molar-refractivity contribution >= 4 is 35.1 Å². The number of halogens is 1. The number of nitrogens with zero attached hydrogens (tertiary/aromatic N) is 2. The standard InChI is InChI=1S/C20H20ClN3O3S/c1-26-17-6-4-5-13(19(17)27-2)12-24-18(9-10-22-24)23-20(25)15-11-14(28-3)7-8-16(15)21/h4-11H,12H2,1-3H3,(H,23,25). The summed E-state index contributed by atoms with van der Waals surface area (Å²) in [6, 6.07) is 12.7. The second kappa shape index (κ2) is 9.03. The molecule has 0 bridgehead atoms. The van der Waals surface area contributed by atoms with Gasteiger partial charge < -0.3 is 14.8 Å². The van der Waals surface area contributed by atoms with Gasteiger partial charge in [-0.05, 0) is 30.5 Å². The Bertz CT molecular complexity index is 991. The molecule has 3 aromatic rings. The van der Waals surface area contributed by atoms with E-state index in [2.05, 4.69) is 10.4 Å². The molecule has 0 spiro atoms. The Labute approximate surface area is 172 Å². The summed E-state index contributed by atoms with van der Waals surface area (Å²) >= 11 is 7.76. The molecular formula is C20H20ClN3O3S. The van der Waals surface area contributed by atoms with Crippen LogP contribution in [0.5, 0.6) is 11.5 Å². The highest BCUT2D eigenvalue weighted by Crippen LogP contribution is 2.31. The van der Waals surface area contributed by atoms with Crippen LogP contribution >= 0.6 is 23.4 Å². The number of benzene rings is 2. The fourth-order valence-corrected chi connectivity index (χ4v) is 3.44. The van der Waals surface area contributed by atoms with E-state index in [9.17, 15) is 4.79 Å². The molecule has 0 radical (unpaired) electrons. The maximum absolute atomic E-state index is 12.7. The minimum atomic E-state index is -0.291. The minimum Gasteiger partial charge on any atom is -0.493 e. The molecule has 1 amide bonds. The van der Waals surface area contributed by atoms with E-state index in [1.807, 2.05) is 30.5 Å². The minimum absolute atomic E-state index is 0.291.